The molecule has 0 aromatic heterocycles. The average Bonchev–Trinajstić information content (AvgIpc) is 1.25. The topological polar surface area (TPSA) is 132 Å². The van der Waals surface area contributed by atoms with Crippen molar-refractivity contribution in [1.29, 1.82) is 0 Å². The van der Waals surface area contributed by atoms with Gasteiger partial charge in [-0.15, -0.1) is 0 Å². The van der Waals surface area contributed by atoms with Crippen LogP contribution in [0.4, 0.5) is 0 Å². The zero-order valence-corrected chi connectivity index (χ0v) is 7.02. The standard InChI is InChI=1S/Li.2NO3.Zn.H/c;2*2-1(3)4;;/q;2*-1;+2;. The molecule has 0 aliphatic carbocycles. The van der Waals surface area contributed by atoms with Crippen LogP contribution in [0.3, 0.4) is 0 Å². The SMILES string of the molecule is O=[N+]([O-])[O-].O=[N+]([O-])[O-].[LiH].[Zn+2]. The first-order valence-corrected chi connectivity index (χ1v) is 1.10. The third-order valence-electron chi connectivity index (χ3n) is 0. The maximum Gasteiger partial charge on any atom is 2.00 e. The first-order chi connectivity index (χ1) is 3.46. The van der Waals surface area contributed by atoms with Crippen LogP contribution < -0.4 is 0 Å². The molecule has 50 valence electrons. The molecule has 0 spiro atoms. The molecule has 0 amide bonds. The van der Waals surface area contributed by atoms with Crippen LogP contribution in [0.15, 0.2) is 0 Å². The Kier molecular flexibility index (Phi) is 35.9. The van der Waals surface area contributed by atoms with Gasteiger partial charge in [-0.05, 0) is 0 Å². The molecule has 0 rings (SSSR count). The second kappa shape index (κ2) is 15.8. The third-order valence-corrected chi connectivity index (χ3v) is 0. The van der Waals surface area contributed by atoms with Gasteiger partial charge in [-0.25, -0.2) is 0 Å². The van der Waals surface area contributed by atoms with Crippen molar-refractivity contribution in [3.8, 4) is 0 Å². The molecule has 0 aliphatic rings. The van der Waals surface area contributed by atoms with Crippen LogP contribution >= 0.6 is 0 Å². The summed E-state index contributed by atoms with van der Waals surface area (Å²) in [5.41, 5.74) is 0. The summed E-state index contributed by atoms with van der Waals surface area (Å²) in [7, 11) is 0. The van der Waals surface area contributed by atoms with Gasteiger partial charge in [0.15, 0.2) is 0 Å². The first-order valence-electron chi connectivity index (χ1n) is 1.10. The Morgan fingerprint density at radius 2 is 0.800 bits per heavy atom. The van der Waals surface area contributed by atoms with E-state index in [2.05, 4.69) is 0 Å². The molecule has 0 bridgehead atoms. The predicted octanol–water partition coefficient (Wildman–Crippen LogP) is -1.13. The third kappa shape index (κ3) is 2320. The molecule has 10 heteroatoms. The molecule has 0 atom stereocenters. The normalized spacial score (nSPS) is 4.80. The fourth-order valence-electron chi connectivity index (χ4n) is 0. The van der Waals surface area contributed by atoms with Gasteiger partial charge in [-0.3, -0.25) is 0 Å². The molecule has 0 saturated carbocycles. The summed E-state index contributed by atoms with van der Waals surface area (Å²) >= 11 is 0. The molecule has 0 aliphatic heterocycles. The van der Waals surface area contributed by atoms with Crippen molar-refractivity contribution in [2.45, 2.75) is 0 Å². The van der Waals surface area contributed by atoms with Crippen molar-refractivity contribution in [2.75, 3.05) is 0 Å². The Hall–Kier alpha value is -0.379. The van der Waals surface area contributed by atoms with Gasteiger partial charge in [0.2, 0.25) is 0 Å². The van der Waals surface area contributed by atoms with Gasteiger partial charge in [0.1, 0.15) is 0 Å². The minimum absolute atomic E-state index is 0. The Balaban J connectivity index is -0.0000000300. The van der Waals surface area contributed by atoms with Crippen molar-refractivity contribution in [3.63, 3.8) is 0 Å². The Morgan fingerprint density at radius 3 is 0.800 bits per heavy atom. The molecule has 0 fully saturated rings. The quantitative estimate of drug-likeness (QED) is 0.274. The minimum atomic E-state index is -1.75. The number of hydrogen-bond donors (Lipinski definition) is 0. The van der Waals surface area contributed by atoms with Gasteiger partial charge in [-0.1, -0.05) is 0 Å². The zero-order chi connectivity index (χ0) is 7.15. The molecule has 0 saturated heterocycles. The molecule has 0 unspecified atom stereocenters. The summed E-state index contributed by atoms with van der Waals surface area (Å²) in [6, 6.07) is 0. The van der Waals surface area contributed by atoms with E-state index in [0.717, 1.165) is 0 Å². The van der Waals surface area contributed by atoms with Crippen LogP contribution in [0.1, 0.15) is 0 Å². The maximum atomic E-state index is 8.25. The second-order valence-corrected chi connectivity index (χ2v) is 0.447. The fraction of sp³-hybridized carbons (Fsp3) is 0. The van der Waals surface area contributed by atoms with Crippen molar-refractivity contribution in [3.05, 3.63) is 30.6 Å². The van der Waals surface area contributed by atoms with E-state index in [4.69, 9.17) is 30.6 Å². The summed E-state index contributed by atoms with van der Waals surface area (Å²) in [5.74, 6) is 0. The Bertz CT molecular complexity index is 73.7. The van der Waals surface area contributed by atoms with E-state index < -0.39 is 10.2 Å². The van der Waals surface area contributed by atoms with Crippen LogP contribution in [0, 0.1) is 30.6 Å². The van der Waals surface area contributed by atoms with Crippen LogP contribution in [-0.2, 0) is 19.5 Å². The Morgan fingerprint density at radius 1 is 0.800 bits per heavy atom. The summed E-state index contributed by atoms with van der Waals surface area (Å²) in [4.78, 5) is 16.5. The van der Waals surface area contributed by atoms with Crippen molar-refractivity contribution in [2.24, 2.45) is 0 Å². The molecular weight excluding hydrogens is 196 g/mol. The monoisotopic (exact) mass is 196 g/mol. The van der Waals surface area contributed by atoms with E-state index in [9.17, 15) is 0 Å². The summed E-state index contributed by atoms with van der Waals surface area (Å²) in [5, 5.41) is 29.5. The van der Waals surface area contributed by atoms with E-state index in [0.29, 0.717) is 0 Å². The molecule has 0 N–H and O–H groups in total. The molecule has 10 heavy (non-hydrogen) atoms. The van der Waals surface area contributed by atoms with Gasteiger partial charge in [0, 0.05) is 0 Å². The van der Waals surface area contributed by atoms with Crippen LogP contribution in [0.5, 0.6) is 0 Å². The van der Waals surface area contributed by atoms with E-state index in [1.807, 2.05) is 0 Å². The van der Waals surface area contributed by atoms with Gasteiger partial charge in [-0.2, -0.15) is 0 Å². The van der Waals surface area contributed by atoms with Crippen LogP contribution in [0.25, 0.3) is 0 Å². The van der Waals surface area contributed by atoms with Crippen LogP contribution in [0.2, 0.25) is 0 Å². The van der Waals surface area contributed by atoms with Crippen LogP contribution in [-0.4, -0.2) is 29.0 Å². The van der Waals surface area contributed by atoms with Gasteiger partial charge < -0.3 is 30.6 Å². The van der Waals surface area contributed by atoms with E-state index in [1.165, 1.54) is 0 Å². The second-order valence-electron chi connectivity index (χ2n) is 0.447. The van der Waals surface area contributed by atoms with E-state index in [-0.39, 0.29) is 38.3 Å². The molecule has 0 aromatic carbocycles. The van der Waals surface area contributed by atoms with Crippen molar-refractivity contribution >= 4 is 18.9 Å². The summed E-state index contributed by atoms with van der Waals surface area (Å²) in [6.07, 6.45) is 0. The average molecular weight is 197 g/mol. The van der Waals surface area contributed by atoms with Crippen molar-refractivity contribution in [1.82, 2.24) is 0 Å². The number of hydrogen-bond acceptors (Lipinski definition) is 6. The molecule has 0 heterocycles. The van der Waals surface area contributed by atoms with Gasteiger partial charge in [0.25, 0.3) is 0 Å². The summed E-state index contributed by atoms with van der Waals surface area (Å²) in [6.45, 7) is 0. The predicted molar refractivity (Wildman–Crippen MR) is 27.9 cm³/mol. The van der Waals surface area contributed by atoms with E-state index in [1.54, 1.807) is 0 Å². The molecule has 0 aromatic rings. The largest absolute Gasteiger partial charge is 2.00 e. The van der Waals surface area contributed by atoms with Gasteiger partial charge in [0.05, 0.1) is 10.2 Å². The Labute approximate surface area is 79.4 Å². The molecule has 0 radical (unpaired) electrons. The fourth-order valence-corrected chi connectivity index (χ4v) is 0. The van der Waals surface area contributed by atoms with Crippen molar-refractivity contribution < 1.29 is 29.7 Å². The zero-order valence-electron chi connectivity index (χ0n) is 4.05. The minimum Gasteiger partial charge on any atom is 2.00 e. The number of rotatable bonds is 0. The smallest absolute Gasteiger partial charge is 2.00 e. The maximum absolute atomic E-state index is 8.25. The summed E-state index contributed by atoms with van der Waals surface area (Å²) < 4.78 is 0. The number of nitrogens with zero attached hydrogens (tertiary/aromatic N) is 2. The molecular formula is HLiN2O6Zn. The first kappa shape index (κ1) is 22.6. The molecule has 8 nitrogen and oxygen atoms in total. The van der Waals surface area contributed by atoms with Gasteiger partial charge >= 0.3 is 38.3 Å². The van der Waals surface area contributed by atoms with E-state index >= 15 is 0 Å².